The van der Waals surface area contributed by atoms with Gasteiger partial charge in [-0.25, -0.2) is 15.0 Å². The fraction of sp³-hybridized carbons (Fsp3) is 0.0172. The molecular weight excluding hydrogens is 739 g/mol. The minimum atomic E-state index is -0.358. The first kappa shape index (κ1) is 35.0. The SMILES string of the molecule is c1ccc(-c2nc(-c3ccc(-c4ccc(-c5cccc6c5-c5ccccc5C65c6ccccc6-c6ccccc65)cc4)cc3)nc(-c3ccccc3-c3ccccc3)n2)cc1. The molecule has 1 spiro atoms. The summed E-state index contributed by atoms with van der Waals surface area (Å²) in [6.07, 6.45) is 0. The summed E-state index contributed by atoms with van der Waals surface area (Å²) in [5.41, 5.74) is 20.1. The Hall–Kier alpha value is -8.01. The lowest BCUT2D eigenvalue weighted by Gasteiger charge is -2.30. The Balaban J connectivity index is 0.914. The van der Waals surface area contributed by atoms with Crippen LogP contribution in [0.4, 0.5) is 0 Å². The highest BCUT2D eigenvalue weighted by molar-refractivity contribution is 6.00. The van der Waals surface area contributed by atoms with Crippen LogP contribution >= 0.6 is 0 Å². The van der Waals surface area contributed by atoms with Crippen LogP contribution in [0.3, 0.4) is 0 Å². The smallest absolute Gasteiger partial charge is 0.164 e. The molecule has 0 fully saturated rings. The second kappa shape index (κ2) is 14.1. The molecule has 3 nitrogen and oxygen atoms in total. The van der Waals surface area contributed by atoms with E-state index >= 15 is 0 Å². The second-order valence-electron chi connectivity index (χ2n) is 15.9. The largest absolute Gasteiger partial charge is 0.208 e. The molecule has 0 atom stereocenters. The van der Waals surface area contributed by atoms with E-state index in [-0.39, 0.29) is 5.41 Å². The molecule has 2 aliphatic rings. The maximum atomic E-state index is 5.11. The van der Waals surface area contributed by atoms with E-state index in [1.165, 1.54) is 55.6 Å². The van der Waals surface area contributed by atoms with Crippen LogP contribution in [0.15, 0.2) is 224 Å². The number of hydrogen-bond donors (Lipinski definition) is 0. The average molecular weight is 776 g/mol. The van der Waals surface area contributed by atoms with Crippen molar-refractivity contribution in [2.24, 2.45) is 0 Å². The molecule has 12 rings (SSSR count). The molecule has 1 aromatic heterocycles. The highest BCUT2D eigenvalue weighted by Gasteiger charge is 2.51. The standard InChI is InChI=1S/C58H37N3/c1-3-16-40(17-4-1)44-20-7-8-23-48(44)57-60-55(42-18-5-2-6-19-42)59-56(61-57)43-36-32-39(33-37-43)38-30-34-41(35-31-38)45-25-15-29-53-54(45)49-24-11-14-28-52(49)58(53)50-26-12-9-21-46(50)47-22-10-13-27-51(47)58/h1-37H. The zero-order valence-corrected chi connectivity index (χ0v) is 33.2. The summed E-state index contributed by atoms with van der Waals surface area (Å²) in [6, 6.07) is 80.4. The molecular formula is C58H37N3. The van der Waals surface area contributed by atoms with Gasteiger partial charge in [0, 0.05) is 16.7 Å². The minimum absolute atomic E-state index is 0.358. The zero-order valence-electron chi connectivity index (χ0n) is 33.2. The number of fused-ring (bicyclic) bond motifs is 10. The summed E-state index contributed by atoms with van der Waals surface area (Å²) in [6.45, 7) is 0. The van der Waals surface area contributed by atoms with Crippen molar-refractivity contribution in [2.45, 2.75) is 5.41 Å². The first-order chi connectivity index (χ1) is 30.3. The normalized spacial score (nSPS) is 12.7. The van der Waals surface area contributed by atoms with Crippen LogP contribution in [0.25, 0.3) is 89.8 Å². The van der Waals surface area contributed by atoms with Crippen molar-refractivity contribution in [3.05, 3.63) is 247 Å². The molecule has 61 heavy (non-hydrogen) atoms. The Morgan fingerprint density at radius 1 is 0.213 bits per heavy atom. The number of benzene rings is 9. The molecule has 0 aliphatic heterocycles. The molecule has 0 bridgehead atoms. The van der Waals surface area contributed by atoms with E-state index in [1.54, 1.807) is 0 Å². The predicted octanol–water partition coefficient (Wildman–Crippen LogP) is 14.2. The zero-order chi connectivity index (χ0) is 40.3. The van der Waals surface area contributed by atoms with E-state index < -0.39 is 0 Å². The summed E-state index contributed by atoms with van der Waals surface area (Å²) >= 11 is 0. The van der Waals surface area contributed by atoms with Gasteiger partial charge >= 0.3 is 0 Å². The van der Waals surface area contributed by atoms with Crippen LogP contribution < -0.4 is 0 Å². The average Bonchev–Trinajstić information content (AvgIpc) is 3.82. The first-order valence-corrected chi connectivity index (χ1v) is 20.9. The van der Waals surface area contributed by atoms with Gasteiger partial charge in [-0.2, -0.15) is 0 Å². The van der Waals surface area contributed by atoms with E-state index in [0.717, 1.165) is 38.9 Å². The molecule has 0 saturated carbocycles. The topological polar surface area (TPSA) is 38.7 Å². The lowest BCUT2D eigenvalue weighted by atomic mass is 9.70. The van der Waals surface area contributed by atoms with E-state index in [4.69, 9.17) is 15.0 Å². The molecule has 1 heterocycles. The van der Waals surface area contributed by atoms with Gasteiger partial charge in [0.25, 0.3) is 0 Å². The molecule has 0 amide bonds. The van der Waals surface area contributed by atoms with Crippen molar-refractivity contribution in [1.82, 2.24) is 15.0 Å². The lowest BCUT2D eigenvalue weighted by molar-refractivity contribution is 0.794. The van der Waals surface area contributed by atoms with Crippen LogP contribution in [0.2, 0.25) is 0 Å². The minimum Gasteiger partial charge on any atom is -0.208 e. The molecule has 284 valence electrons. The molecule has 0 N–H and O–H groups in total. The summed E-state index contributed by atoms with van der Waals surface area (Å²) in [7, 11) is 0. The van der Waals surface area contributed by atoms with Crippen molar-refractivity contribution in [1.29, 1.82) is 0 Å². The van der Waals surface area contributed by atoms with Gasteiger partial charge in [-0.3, -0.25) is 0 Å². The number of aromatic nitrogens is 3. The third-order valence-electron chi connectivity index (χ3n) is 12.6. The molecule has 0 unspecified atom stereocenters. The third-order valence-corrected chi connectivity index (χ3v) is 12.6. The predicted molar refractivity (Wildman–Crippen MR) is 249 cm³/mol. The van der Waals surface area contributed by atoms with E-state index in [0.29, 0.717) is 17.5 Å². The highest BCUT2D eigenvalue weighted by atomic mass is 15.0. The fourth-order valence-corrected chi connectivity index (χ4v) is 9.93. The van der Waals surface area contributed by atoms with Gasteiger partial charge in [-0.05, 0) is 77.9 Å². The number of nitrogens with zero attached hydrogens (tertiary/aromatic N) is 3. The van der Waals surface area contributed by atoms with Crippen molar-refractivity contribution >= 4 is 0 Å². The third kappa shape index (κ3) is 5.48. The van der Waals surface area contributed by atoms with Gasteiger partial charge < -0.3 is 0 Å². The lowest BCUT2D eigenvalue weighted by Crippen LogP contribution is -2.25. The monoisotopic (exact) mass is 775 g/mol. The van der Waals surface area contributed by atoms with Crippen molar-refractivity contribution < 1.29 is 0 Å². The van der Waals surface area contributed by atoms with Crippen LogP contribution in [0.5, 0.6) is 0 Å². The summed E-state index contributed by atoms with van der Waals surface area (Å²) in [4.78, 5) is 15.2. The molecule has 0 radical (unpaired) electrons. The maximum Gasteiger partial charge on any atom is 0.164 e. The Kier molecular flexibility index (Phi) is 8.07. The molecule has 0 saturated heterocycles. The van der Waals surface area contributed by atoms with Crippen molar-refractivity contribution in [3.8, 4) is 89.8 Å². The van der Waals surface area contributed by atoms with Crippen LogP contribution in [0.1, 0.15) is 22.3 Å². The fourth-order valence-electron chi connectivity index (χ4n) is 9.93. The highest BCUT2D eigenvalue weighted by Crippen LogP contribution is 2.63. The molecule has 2 aliphatic carbocycles. The van der Waals surface area contributed by atoms with Gasteiger partial charge in [0.1, 0.15) is 0 Å². The Morgan fingerprint density at radius 2 is 0.574 bits per heavy atom. The molecule has 10 aromatic rings. The van der Waals surface area contributed by atoms with E-state index in [1.807, 2.05) is 42.5 Å². The van der Waals surface area contributed by atoms with Gasteiger partial charge in [-0.1, -0.05) is 224 Å². The molecule has 3 heteroatoms. The maximum absolute atomic E-state index is 5.11. The first-order valence-electron chi connectivity index (χ1n) is 20.9. The van der Waals surface area contributed by atoms with Gasteiger partial charge in [0.2, 0.25) is 0 Å². The summed E-state index contributed by atoms with van der Waals surface area (Å²) in [5.74, 6) is 1.92. The Labute approximate surface area is 355 Å². The van der Waals surface area contributed by atoms with E-state index in [2.05, 4.69) is 182 Å². The van der Waals surface area contributed by atoms with Crippen LogP contribution in [-0.4, -0.2) is 15.0 Å². The van der Waals surface area contributed by atoms with Gasteiger partial charge in [0.15, 0.2) is 17.5 Å². The number of rotatable bonds is 6. The second-order valence-corrected chi connectivity index (χ2v) is 15.9. The number of hydrogen-bond acceptors (Lipinski definition) is 3. The summed E-state index contributed by atoms with van der Waals surface area (Å²) < 4.78 is 0. The van der Waals surface area contributed by atoms with Gasteiger partial charge in [0.05, 0.1) is 5.41 Å². The van der Waals surface area contributed by atoms with Crippen LogP contribution in [0, 0.1) is 0 Å². The van der Waals surface area contributed by atoms with Crippen molar-refractivity contribution in [3.63, 3.8) is 0 Å². The van der Waals surface area contributed by atoms with E-state index in [9.17, 15) is 0 Å². The Bertz CT molecular complexity index is 3230. The molecule has 9 aromatic carbocycles. The van der Waals surface area contributed by atoms with Crippen molar-refractivity contribution in [2.75, 3.05) is 0 Å². The summed E-state index contributed by atoms with van der Waals surface area (Å²) in [5, 5.41) is 0. The van der Waals surface area contributed by atoms with Crippen LogP contribution in [-0.2, 0) is 5.41 Å². The Morgan fingerprint density at radius 3 is 1.16 bits per heavy atom. The van der Waals surface area contributed by atoms with Gasteiger partial charge in [-0.15, -0.1) is 0 Å². The quantitative estimate of drug-likeness (QED) is 0.169.